The average Bonchev–Trinajstić information content (AvgIpc) is 2.79. The zero-order valence-corrected chi connectivity index (χ0v) is 9.85. The largest absolute Gasteiger partial charge is 0.481 e. The standard InChI is InChI=1S/C13H17NO3/c1-17-8-9-4-2-3-5-11(9)12-6-10(7-14-12)13(15)16/h2-5,10,12,14H,6-8H2,1H3,(H,15,16). The lowest BCUT2D eigenvalue weighted by Gasteiger charge is -2.15. The Morgan fingerprint density at radius 1 is 1.53 bits per heavy atom. The predicted octanol–water partition coefficient (Wildman–Crippen LogP) is 1.57. The number of benzene rings is 1. The molecule has 2 N–H and O–H groups in total. The maximum Gasteiger partial charge on any atom is 0.307 e. The van der Waals surface area contributed by atoms with Gasteiger partial charge in [0.2, 0.25) is 0 Å². The van der Waals surface area contributed by atoms with Gasteiger partial charge in [0.1, 0.15) is 0 Å². The molecule has 4 nitrogen and oxygen atoms in total. The maximum atomic E-state index is 10.9. The Morgan fingerprint density at radius 2 is 2.29 bits per heavy atom. The lowest BCUT2D eigenvalue weighted by atomic mass is 9.96. The monoisotopic (exact) mass is 235 g/mol. The molecule has 2 rings (SSSR count). The van der Waals surface area contributed by atoms with Crippen LogP contribution >= 0.6 is 0 Å². The Bertz CT molecular complexity index is 405. The number of nitrogens with one attached hydrogen (secondary N) is 1. The van der Waals surface area contributed by atoms with E-state index in [2.05, 4.69) is 5.32 Å². The van der Waals surface area contributed by atoms with Gasteiger partial charge < -0.3 is 15.2 Å². The minimum atomic E-state index is -0.718. The van der Waals surface area contributed by atoms with Gasteiger partial charge in [-0.2, -0.15) is 0 Å². The van der Waals surface area contributed by atoms with Gasteiger partial charge in [0.25, 0.3) is 0 Å². The van der Waals surface area contributed by atoms with E-state index >= 15 is 0 Å². The number of hydrogen-bond donors (Lipinski definition) is 2. The van der Waals surface area contributed by atoms with Gasteiger partial charge in [-0.15, -0.1) is 0 Å². The van der Waals surface area contributed by atoms with E-state index in [1.807, 2.05) is 24.3 Å². The molecule has 1 aliphatic rings. The highest BCUT2D eigenvalue weighted by Gasteiger charge is 2.30. The second-order valence-electron chi connectivity index (χ2n) is 4.36. The Hall–Kier alpha value is -1.39. The molecule has 2 atom stereocenters. The first-order valence-electron chi connectivity index (χ1n) is 5.75. The number of ether oxygens (including phenoxy) is 1. The third-order valence-corrected chi connectivity index (χ3v) is 3.21. The molecule has 2 unspecified atom stereocenters. The van der Waals surface area contributed by atoms with Crippen molar-refractivity contribution in [2.75, 3.05) is 13.7 Å². The van der Waals surface area contributed by atoms with Crippen LogP contribution in [0.25, 0.3) is 0 Å². The molecule has 1 aromatic rings. The molecule has 92 valence electrons. The van der Waals surface area contributed by atoms with Crippen LogP contribution in [-0.2, 0) is 16.1 Å². The van der Waals surface area contributed by atoms with E-state index in [9.17, 15) is 4.79 Å². The van der Waals surface area contributed by atoms with E-state index in [1.165, 1.54) is 0 Å². The molecule has 1 heterocycles. The van der Waals surface area contributed by atoms with Gasteiger partial charge in [0, 0.05) is 19.7 Å². The van der Waals surface area contributed by atoms with Crippen LogP contribution in [0.3, 0.4) is 0 Å². The fourth-order valence-corrected chi connectivity index (χ4v) is 2.32. The van der Waals surface area contributed by atoms with Crippen molar-refractivity contribution in [2.45, 2.75) is 19.1 Å². The number of carboxylic acid groups (broad SMARTS) is 1. The van der Waals surface area contributed by atoms with Crippen molar-refractivity contribution in [2.24, 2.45) is 5.92 Å². The minimum Gasteiger partial charge on any atom is -0.481 e. The third-order valence-electron chi connectivity index (χ3n) is 3.21. The van der Waals surface area contributed by atoms with Crippen molar-refractivity contribution >= 4 is 5.97 Å². The second-order valence-corrected chi connectivity index (χ2v) is 4.36. The van der Waals surface area contributed by atoms with Crippen molar-refractivity contribution in [1.82, 2.24) is 5.32 Å². The highest BCUT2D eigenvalue weighted by Crippen LogP contribution is 2.29. The van der Waals surface area contributed by atoms with Gasteiger partial charge in [-0.1, -0.05) is 24.3 Å². The molecule has 0 spiro atoms. The van der Waals surface area contributed by atoms with Gasteiger partial charge in [0.05, 0.1) is 12.5 Å². The molecule has 0 amide bonds. The van der Waals surface area contributed by atoms with Crippen LogP contribution < -0.4 is 5.32 Å². The lowest BCUT2D eigenvalue weighted by molar-refractivity contribution is -0.141. The summed E-state index contributed by atoms with van der Waals surface area (Å²) in [4.78, 5) is 10.9. The molecule has 0 aromatic heterocycles. The molecule has 17 heavy (non-hydrogen) atoms. The van der Waals surface area contributed by atoms with Crippen LogP contribution in [0.4, 0.5) is 0 Å². The molecule has 0 aliphatic carbocycles. The summed E-state index contributed by atoms with van der Waals surface area (Å²) < 4.78 is 5.16. The molecule has 1 aliphatic heterocycles. The number of methoxy groups -OCH3 is 1. The van der Waals surface area contributed by atoms with Gasteiger partial charge in [-0.05, 0) is 17.5 Å². The zero-order valence-electron chi connectivity index (χ0n) is 9.85. The predicted molar refractivity (Wildman–Crippen MR) is 63.6 cm³/mol. The normalized spacial score (nSPS) is 23.8. The van der Waals surface area contributed by atoms with Crippen LogP contribution in [0.1, 0.15) is 23.6 Å². The first kappa shape index (κ1) is 12.1. The van der Waals surface area contributed by atoms with E-state index in [-0.39, 0.29) is 12.0 Å². The van der Waals surface area contributed by atoms with Crippen molar-refractivity contribution in [3.8, 4) is 0 Å². The molecule has 0 radical (unpaired) electrons. The number of hydrogen-bond acceptors (Lipinski definition) is 3. The Kier molecular flexibility index (Phi) is 3.76. The van der Waals surface area contributed by atoms with Crippen LogP contribution in [-0.4, -0.2) is 24.7 Å². The van der Waals surface area contributed by atoms with Crippen LogP contribution in [0, 0.1) is 5.92 Å². The molecule has 0 saturated carbocycles. The van der Waals surface area contributed by atoms with Crippen molar-refractivity contribution in [1.29, 1.82) is 0 Å². The fourth-order valence-electron chi connectivity index (χ4n) is 2.32. The lowest BCUT2D eigenvalue weighted by Crippen LogP contribution is -2.17. The highest BCUT2D eigenvalue weighted by atomic mass is 16.5. The summed E-state index contributed by atoms with van der Waals surface area (Å²) in [7, 11) is 1.67. The highest BCUT2D eigenvalue weighted by molar-refractivity contribution is 5.70. The number of aliphatic carboxylic acids is 1. The van der Waals surface area contributed by atoms with E-state index in [4.69, 9.17) is 9.84 Å². The maximum absolute atomic E-state index is 10.9. The molecule has 0 bridgehead atoms. The molecule has 1 aromatic carbocycles. The van der Waals surface area contributed by atoms with Crippen molar-refractivity contribution < 1.29 is 14.6 Å². The summed E-state index contributed by atoms with van der Waals surface area (Å²) in [6, 6.07) is 8.14. The van der Waals surface area contributed by atoms with E-state index in [0.29, 0.717) is 19.6 Å². The van der Waals surface area contributed by atoms with E-state index in [1.54, 1.807) is 7.11 Å². The number of carboxylic acids is 1. The Morgan fingerprint density at radius 3 is 2.94 bits per heavy atom. The van der Waals surface area contributed by atoms with Crippen molar-refractivity contribution in [3.05, 3.63) is 35.4 Å². The van der Waals surface area contributed by atoms with Crippen LogP contribution in [0.5, 0.6) is 0 Å². The smallest absolute Gasteiger partial charge is 0.307 e. The van der Waals surface area contributed by atoms with E-state index in [0.717, 1.165) is 11.1 Å². The zero-order chi connectivity index (χ0) is 12.3. The summed E-state index contributed by atoms with van der Waals surface area (Å²) in [6.45, 7) is 1.10. The van der Waals surface area contributed by atoms with Crippen molar-refractivity contribution in [3.63, 3.8) is 0 Å². The van der Waals surface area contributed by atoms with Gasteiger partial charge in [-0.25, -0.2) is 0 Å². The SMILES string of the molecule is COCc1ccccc1C1CC(C(=O)O)CN1. The molecular formula is C13H17NO3. The molecule has 4 heteroatoms. The summed E-state index contributed by atoms with van der Waals surface area (Å²) in [5.74, 6) is -1.00. The molecular weight excluding hydrogens is 218 g/mol. The van der Waals surface area contributed by atoms with Crippen LogP contribution in [0.15, 0.2) is 24.3 Å². The Balaban J connectivity index is 2.15. The quantitative estimate of drug-likeness (QED) is 0.831. The summed E-state index contributed by atoms with van der Waals surface area (Å²) in [6.07, 6.45) is 0.649. The van der Waals surface area contributed by atoms with Crippen LogP contribution in [0.2, 0.25) is 0 Å². The minimum absolute atomic E-state index is 0.127. The van der Waals surface area contributed by atoms with E-state index < -0.39 is 5.97 Å². The second kappa shape index (κ2) is 5.29. The van der Waals surface area contributed by atoms with Gasteiger partial charge in [0.15, 0.2) is 0 Å². The summed E-state index contributed by atoms with van der Waals surface area (Å²) >= 11 is 0. The fraction of sp³-hybridized carbons (Fsp3) is 0.462. The van der Waals surface area contributed by atoms with Gasteiger partial charge in [-0.3, -0.25) is 4.79 Å². The first-order chi connectivity index (χ1) is 8.22. The summed E-state index contributed by atoms with van der Waals surface area (Å²) in [5, 5.41) is 12.3. The first-order valence-corrected chi connectivity index (χ1v) is 5.75. The molecule has 1 saturated heterocycles. The van der Waals surface area contributed by atoms with Gasteiger partial charge >= 0.3 is 5.97 Å². The number of carbonyl (C=O) groups is 1. The third kappa shape index (κ3) is 2.65. The summed E-state index contributed by atoms with van der Waals surface area (Å²) in [5.41, 5.74) is 2.27. The number of rotatable bonds is 4. The molecule has 1 fully saturated rings. The topological polar surface area (TPSA) is 58.6 Å². The Labute approximate surface area is 101 Å². The average molecular weight is 235 g/mol.